The van der Waals surface area contributed by atoms with Crippen LogP contribution >= 0.6 is 0 Å². The Morgan fingerprint density at radius 1 is 0.828 bits per heavy atom. The molecule has 0 N–H and O–H groups in total. The molecule has 0 aliphatic heterocycles. The summed E-state index contributed by atoms with van der Waals surface area (Å²) in [5, 5.41) is 8.92. The number of hydrogen-bond donors (Lipinski definition) is 0. The van der Waals surface area contributed by atoms with Gasteiger partial charge in [0.1, 0.15) is 6.07 Å². The largest absolute Gasteiger partial charge is 0.372 e. The maximum Gasteiger partial charge on any atom is 0.160 e. The van der Waals surface area contributed by atoms with Crippen molar-refractivity contribution in [2.45, 2.75) is 90.9 Å². The van der Waals surface area contributed by atoms with E-state index in [1.807, 2.05) is 18.2 Å². The van der Waals surface area contributed by atoms with Crippen molar-refractivity contribution in [3.63, 3.8) is 0 Å². The molecule has 0 heterocycles. The summed E-state index contributed by atoms with van der Waals surface area (Å²) in [6.45, 7) is 6.73. The van der Waals surface area contributed by atoms with E-state index in [-0.39, 0.29) is 5.57 Å². The van der Waals surface area contributed by atoms with Gasteiger partial charge in [-0.25, -0.2) is 0 Å². The summed E-state index contributed by atoms with van der Waals surface area (Å²) in [5.74, 6) is 0. The second-order valence-electron chi connectivity index (χ2n) is 7.94. The number of allylic oxidation sites excluding steroid dienone is 1. The van der Waals surface area contributed by atoms with Crippen molar-refractivity contribution in [2.75, 3.05) is 18.0 Å². The van der Waals surface area contributed by atoms with Gasteiger partial charge in [0, 0.05) is 18.8 Å². The van der Waals surface area contributed by atoms with Gasteiger partial charge in [0.05, 0.1) is 5.57 Å². The van der Waals surface area contributed by atoms with E-state index in [1.54, 1.807) is 6.08 Å². The Labute approximate surface area is 178 Å². The second-order valence-corrected chi connectivity index (χ2v) is 7.94. The van der Waals surface area contributed by atoms with Crippen LogP contribution < -0.4 is 4.90 Å². The Morgan fingerprint density at radius 2 is 1.31 bits per heavy atom. The number of nitriles is 1. The van der Waals surface area contributed by atoms with E-state index < -0.39 is 0 Å². The third kappa shape index (κ3) is 11.5. The predicted molar refractivity (Wildman–Crippen MR) is 125 cm³/mol. The smallest absolute Gasteiger partial charge is 0.160 e. The minimum absolute atomic E-state index is 0.161. The first-order chi connectivity index (χ1) is 14.2. The van der Waals surface area contributed by atoms with Crippen LogP contribution in [0.5, 0.6) is 0 Å². The molecule has 0 fully saturated rings. The lowest BCUT2D eigenvalue weighted by Gasteiger charge is -2.25. The van der Waals surface area contributed by atoms with Crippen LogP contribution in [0.25, 0.3) is 6.08 Å². The van der Waals surface area contributed by atoms with E-state index in [9.17, 15) is 4.79 Å². The van der Waals surface area contributed by atoms with Crippen molar-refractivity contribution < 1.29 is 4.79 Å². The van der Waals surface area contributed by atoms with Crippen molar-refractivity contribution in [2.24, 2.45) is 0 Å². The SMILES string of the molecule is CCCCCCCCN(CCCCCCCC)c1ccc(/C=C(\C#N)C=O)cc1. The maximum atomic E-state index is 10.8. The summed E-state index contributed by atoms with van der Waals surface area (Å²) in [4.78, 5) is 13.4. The number of benzene rings is 1. The summed E-state index contributed by atoms with van der Waals surface area (Å²) in [6, 6.07) is 10.2. The van der Waals surface area contributed by atoms with Crippen LogP contribution in [-0.4, -0.2) is 19.4 Å². The van der Waals surface area contributed by atoms with Crippen LogP contribution in [0.3, 0.4) is 0 Å². The summed E-state index contributed by atoms with van der Waals surface area (Å²) in [7, 11) is 0. The summed E-state index contributed by atoms with van der Waals surface area (Å²) in [5.41, 5.74) is 2.30. The fourth-order valence-electron chi connectivity index (χ4n) is 3.59. The van der Waals surface area contributed by atoms with E-state index in [0.717, 1.165) is 18.7 Å². The molecule has 0 saturated carbocycles. The highest BCUT2D eigenvalue weighted by Gasteiger charge is 2.07. The second kappa shape index (κ2) is 16.8. The van der Waals surface area contributed by atoms with Gasteiger partial charge in [-0.1, -0.05) is 90.2 Å². The van der Waals surface area contributed by atoms with Gasteiger partial charge in [-0.3, -0.25) is 4.79 Å². The quantitative estimate of drug-likeness (QED) is 0.120. The highest BCUT2D eigenvalue weighted by Crippen LogP contribution is 2.19. The molecular formula is C26H40N2O. The number of carbonyl (C=O) groups is 1. The minimum atomic E-state index is 0.161. The number of unbranched alkanes of at least 4 members (excludes halogenated alkanes) is 10. The molecule has 160 valence electrons. The third-order valence-electron chi connectivity index (χ3n) is 5.40. The summed E-state index contributed by atoms with van der Waals surface area (Å²) in [6.07, 6.45) is 18.0. The highest BCUT2D eigenvalue weighted by atomic mass is 16.1. The molecular weight excluding hydrogens is 356 g/mol. The van der Waals surface area contributed by atoms with Gasteiger partial charge in [0.2, 0.25) is 0 Å². The van der Waals surface area contributed by atoms with Crippen LogP contribution in [0.1, 0.15) is 96.5 Å². The number of nitrogens with zero attached hydrogens (tertiary/aromatic N) is 2. The summed E-state index contributed by atoms with van der Waals surface area (Å²) < 4.78 is 0. The molecule has 0 unspecified atom stereocenters. The fraction of sp³-hybridized carbons (Fsp3) is 0.615. The van der Waals surface area contributed by atoms with Gasteiger partial charge in [-0.2, -0.15) is 5.26 Å². The minimum Gasteiger partial charge on any atom is -0.372 e. The molecule has 1 aromatic carbocycles. The first-order valence-corrected chi connectivity index (χ1v) is 11.7. The lowest BCUT2D eigenvalue weighted by Crippen LogP contribution is -2.25. The van der Waals surface area contributed by atoms with Gasteiger partial charge < -0.3 is 4.90 Å². The van der Waals surface area contributed by atoms with Gasteiger partial charge in [-0.05, 0) is 36.6 Å². The van der Waals surface area contributed by atoms with Crippen LogP contribution in [-0.2, 0) is 4.79 Å². The van der Waals surface area contributed by atoms with Crippen LogP contribution in [0.15, 0.2) is 29.8 Å². The Hall–Kier alpha value is -2.08. The normalized spacial score (nSPS) is 11.3. The molecule has 0 atom stereocenters. The highest BCUT2D eigenvalue weighted by molar-refractivity contribution is 5.86. The van der Waals surface area contributed by atoms with Crippen molar-refractivity contribution in [3.8, 4) is 6.07 Å². The molecule has 29 heavy (non-hydrogen) atoms. The van der Waals surface area contributed by atoms with Gasteiger partial charge in [-0.15, -0.1) is 0 Å². The zero-order valence-corrected chi connectivity index (χ0v) is 18.7. The third-order valence-corrected chi connectivity index (χ3v) is 5.40. The van der Waals surface area contributed by atoms with Crippen molar-refractivity contribution in [3.05, 3.63) is 35.4 Å². The number of rotatable bonds is 17. The van der Waals surface area contributed by atoms with Crippen molar-refractivity contribution >= 4 is 18.0 Å². The number of hydrogen-bond acceptors (Lipinski definition) is 3. The van der Waals surface area contributed by atoms with E-state index in [4.69, 9.17) is 5.26 Å². The van der Waals surface area contributed by atoms with E-state index in [1.165, 1.54) is 82.7 Å². The molecule has 1 rings (SSSR count). The molecule has 0 spiro atoms. The van der Waals surface area contributed by atoms with E-state index in [2.05, 4.69) is 30.9 Å². The molecule has 0 bridgehead atoms. The van der Waals surface area contributed by atoms with Crippen LogP contribution in [0.4, 0.5) is 5.69 Å². The first kappa shape index (κ1) is 25.0. The van der Waals surface area contributed by atoms with E-state index >= 15 is 0 Å². The van der Waals surface area contributed by atoms with Crippen LogP contribution in [0.2, 0.25) is 0 Å². The van der Waals surface area contributed by atoms with E-state index in [0.29, 0.717) is 6.29 Å². The van der Waals surface area contributed by atoms with Gasteiger partial charge >= 0.3 is 0 Å². The van der Waals surface area contributed by atoms with Crippen molar-refractivity contribution in [1.29, 1.82) is 5.26 Å². The Balaban J connectivity index is 2.62. The van der Waals surface area contributed by atoms with Gasteiger partial charge in [0.25, 0.3) is 0 Å². The molecule has 3 nitrogen and oxygen atoms in total. The average Bonchev–Trinajstić information content (AvgIpc) is 2.75. The van der Waals surface area contributed by atoms with Crippen LogP contribution in [0, 0.1) is 11.3 Å². The monoisotopic (exact) mass is 396 g/mol. The summed E-state index contributed by atoms with van der Waals surface area (Å²) >= 11 is 0. The molecule has 3 heteroatoms. The molecule has 0 aliphatic carbocycles. The maximum absolute atomic E-state index is 10.8. The zero-order chi connectivity index (χ0) is 21.2. The Kier molecular flexibility index (Phi) is 14.5. The standard InChI is InChI=1S/C26H40N2O/c1-3-5-7-9-11-13-19-28(20-14-12-10-8-6-4-2)26-17-15-24(16-18-26)21-25(22-27)23-29/h15-18,21,23H,3-14,19-20H2,1-2H3/b25-21+. The molecule has 0 saturated heterocycles. The number of anilines is 1. The lowest BCUT2D eigenvalue weighted by atomic mass is 10.1. The van der Waals surface area contributed by atoms with Gasteiger partial charge in [0.15, 0.2) is 6.29 Å². The predicted octanol–water partition coefficient (Wildman–Crippen LogP) is 7.32. The Bertz CT molecular complexity index is 597. The van der Waals surface area contributed by atoms with Crippen molar-refractivity contribution in [1.82, 2.24) is 0 Å². The molecule has 0 aromatic heterocycles. The lowest BCUT2D eigenvalue weighted by molar-refractivity contribution is -0.104. The molecule has 0 amide bonds. The fourth-order valence-corrected chi connectivity index (χ4v) is 3.59. The molecule has 0 aliphatic rings. The molecule has 0 radical (unpaired) electrons. The molecule has 1 aromatic rings. The first-order valence-electron chi connectivity index (χ1n) is 11.7. The number of aldehydes is 1. The Morgan fingerprint density at radius 3 is 1.76 bits per heavy atom. The zero-order valence-electron chi connectivity index (χ0n) is 18.7. The average molecular weight is 397 g/mol. The number of carbonyl (C=O) groups excluding carboxylic acids is 1. The topological polar surface area (TPSA) is 44.1 Å².